The molecule has 4 rings (SSSR count). The summed E-state index contributed by atoms with van der Waals surface area (Å²) in [6.07, 6.45) is 1.44. The van der Waals surface area contributed by atoms with Gasteiger partial charge < -0.3 is 5.32 Å². The van der Waals surface area contributed by atoms with E-state index >= 15 is 0 Å². The first-order chi connectivity index (χ1) is 13.5. The van der Waals surface area contributed by atoms with Crippen LogP contribution < -0.4 is 5.32 Å². The Balaban J connectivity index is 1.75. The fourth-order valence-electron chi connectivity index (χ4n) is 2.89. The molecule has 0 fully saturated rings. The lowest BCUT2D eigenvalue weighted by molar-refractivity contribution is 0.102. The van der Waals surface area contributed by atoms with Gasteiger partial charge in [-0.1, -0.05) is 53.0 Å². The highest BCUT2D eigenvalue weighted by Gasteiger charge is 2.20. The number of hydrogen-bond acceptors (Lipinski definition) is 3. The van der Waals surface area contributed by atoms with E-state index in [0.717, 1.165) is 5.69 Å². The van der Waals surface area contributed by atoms with Crippen LogP contribution in [0.15, 0.2) is 54.7 Å². The molecule has 0 aliphatic rings. The number of rotatable bonds is 3. The molecule has 0 unspecified atom stereocenters. The van der Waals surface area contributed by atoms with Crippen LogP contribution in [0.25, 0.3) is 16.7 Å². The molecule has 1 N–H and O–H groups in total. The zero-order valence-corrected chi connectivity index (χ0v) is 16.8. The third kappa shape index (κ3) is 3.33. The van der Waals surface area contributed by atoms with Gasteiger partial charge in [0.2, 0.25) is 0 Å². The van der Waals surface area contributed by atoms with Gasteiger partial charge in [0.05, 0.1) is 37.4 Å². The van der Waals surface area contributed by atoms with E-state index in [1.165, 1.54) is 6.20 Å². The molecule has 0 saturated carbocycles. The van der Waals surface area contributed by atoms with Crippen molar-refractivity contribution in [2.75, 3.05) is 5.32 Å². The summed E-state index contributed by atoms with van der Waals surface area (Å²) >= 11 is 18.5. The number of aromatic nitrogens is 3. The van der Waals surface area contributed by atoms with Crippen molar-refractivity contribution in [3.8, 4) is 5.69 Å². The first-order valence-corrected chi connectivity index (χ1v) is 9.44. The summed E-state index contributed by atoms with van der Waals surface area (Å²) in [5.41, 5.74) is 2.88. The molecule has 2 aromatic heterocycles. The van der Waals surface area contributed by atoms with Gasteiger partial charge in [0, 0.05) is 11.9 Å². The molecule has 8 heteroatoms. The Morgan fingerprint density at radius 3 is 2.50 bits per heavy atom. The van der Waals surface area contributed by atoms with Crippen molar-refractivity contribution in [2.45, 2.75) is 6.92 Å². The quantitative estimate of drug-likeness (QED) is 0.436. The smallest absolute Gasteiger partial charge is 0.258 e. The number of pyridine rings is 1. The first-order valence-electron chi connectivity index (χ1n) is 8.31. The Labute approximate surface area is 175 Å². The molecular formula is C20H13Cl3N4O. The van der Waals surface area contributed by atoms with Crippen LogP contribution in [0.4, 0.5) is 5.69 Å². The van der Waals surface area contributed by atoms with E-state index in [2.05, 4.69) is 15.4 Å². The fraction of sp³-hybridized carbons (Fsp3) is 0.0500. The zero-order valence-electron chi connectivity index (χ0n) is 14.6. The lowest BCUT2D eigenvalue weighted by atomic mass is 10.2. The van der Waals surface area contributed by atoms with Gasteiger partial charge in [-0.2, -0.15) is 5.10 Å². The Bertz CT molecular complexity index is 1210. The second-order valence-corrected chi connectivity index (χ2v) is 7.29. The normalized spacial score (nSPS) is 11.0. The van der Waals surface area contributed by atoms with Crippen LogP contribution in [0.5, 0.6) is 0 Å². The van der Waals surface area contributed by atoms with Crippen molar-refractivity contribution in [3.05, 3.63) is 81.1 Å². The lowest BCUT2D eigenvalue weighted by Gasteiger charge is -2.09. The van der Waals surface area contributed by atoms with Crippen molar-refractivity contribution in [1.82, 2.24) is 14.8 Å². The Morgan fingerprint density at radius 2 is 1.79 bits per heavy atom. The van der Waals surface area contributed by atoms with E-state index < -0.39 is 5.91 Å². The van der Waals surface area contributed by atoms with E-state index in [9.17, 15) is 4.79 Å². The van der Waals surface area contributed by atoms with Gasteiger partial charge >= 0.3 is 0 Å². The molecule has 1 amide bonds. The van der Waals surface area contributed by atoms with Gasteiger partial charge in [-0.15, -0.1) is 0 Å². The molecule has 5 nitrogen and oxygen atoms in total. The Hall–Kier alpha value is -2.60. The summed E-state index contributed by atoms with van der Waals surface area (Å²) in [5.74, 6) is -0.398. The molecule has 0 radical (unpaired) electrons. The number of amides is 1. The van der Waals surface area contributed by atoms with Crippen LogP contribution in [0.1, 0.15) is 16.1 Å². The Morgan fingerprint density at radius 1 is 1.04 bits per heavy atom. The van der Waals surface area contributed by atoms with Gasteiger partial charge in [-0.3, -0.25) is 4.79 Å². The number of anilines is 1. The molecule has 0 aliphatic heterocycles. The second kappa shape index (κ2) is 7.43. The van der Waals surface area contributed by atoms with Crippen LogP contribution in [0.2, 0.25) is 15.1 Å². The lowest BCUT2D eigenvalue weighted by Crippen LogP contribution is -2.13. The van der Waals surface area contributed by atoms with E-state index in [-0.39, 0.29) is 5.56 Å². The molecule has 2 aromatic carbocycles. The van der Waals surface area contributed by atoms with Gasteiger partial charge in [0.25, 0.3) is 5.91 Å². The van der Waals surface area contributed by atoms with Crippen LogP contribution in [-0.4, -0.2) is 20.7 Å². The number of benzene rings is 2. The number of fused-ring (bicyclic) bond motifs is 1. The van der Waals surface area contributed by atoms with Gasteiger partial charge in [0.15, 0.2) is 5.65 Å². The molecule has 140 valence electrons. The summed E-state index contributed by atoms with van der Waals surface area (Å²) in [5, 5.41) is 8.97. The molecule has 2 heterocycles. The predicted molar refractivity (Wildman–Crippen MR) is 113 cm³/mol. The molecule has 0 bridgehead atoms. The summed E-state index contributed by atoms with van der Waals surface area (Å²) in [7, 11) is 0. The fourth-order valence-corrected chi connectivity index (χ4v) is 3.54. The molecule has 4 aromatic rings. The SMILES string of the molecule is Cc1nn(-c2ccccc2)c2ncc(C(=O)Nc3ccc(Cl)c(Cl)c3)c(Cl)c12. The van der Waals surface area contributed by atoms with Gasteiger partial charge in [-0.05, 0) is 37.3 Å². The third-order valence-electron chi connectivity index (χ3n) is 4.23. The van der Waals surface area contributed by atoms with E-state index in [1.54, 1.807) is 22.9 Å². The number of aryl methyl sites for hydroxylation is 1. The average Bonchev–Trinajstić information content (AvgIpc) is 3.03. The molecule has 0 aliphatic carbocycles. The summed E-state index contributed by atoms with van der Waals surface area (Å²) < 4.78 is 1.71. The Kier molecular flexibility index (Phi) is 4.98. The number of nitrogens with zero attached hydrogens (tertiary/aromatic N) is 3. The highest BCUT2D eigenvalue weighted by atomic mass is 35.5. The number of carbonyl (C=O) groups is 1. The number of halogens is 3. The molecule has 0 atom stereocenters. The minimum Gasteiger partial charge on any atom is -0.322 e. The zero-order chi connectivity index (χ0) is 19.8. The highest BCUT2D eigenvalue weighted by Crippen LogP contribution is 2.31. The number of hydrogen-bond donors (Lipinski definition) is 1. The topological polar surface area (TPSA) is 59.8 Å². The maximum atomic E-state index is 12.7. The standard InChI is InChI=1S/C20H13Cl3N4O/c1-11-17-18(23)14(20(28)25-12-7-8-15(21)16(22)9-12)10-24-19(17)27(26-11)13-5-3-2-4-6-13/h2-10H,1H3,(H,25,28). The van der Waals surface area contributed by atoms with E-state index in [1.807, 2.05) is 37.3 Å². The van der Waals surface area contributed by atoms with Crippen LogP contribution in [0, 0.1) is 6.92 Å². The van der Waals surface area contributed by atoms with Crippen LogP contribution in [-0.2, 0) is 0 Å². The van der Waals surface area contributed by atoms with Crippen molar-refractivity contribution in [2.24, 2.45) is 0 Å². The van der Waals surface area contributed by atoms with E-state index in [0.29, 0.717) is 37.5 Å². The van der Waals surface area contributed by atoms with Crippen molar-refractivity contribution in [1.29, 1.82) is 0 Å². The molecule has 28 heavy (non-hydrogen) atoms. The summed E-state index contributed by atoms with van der Waals surface area (Å²) in [6.45, 7) is 1.83. The van der Waals surface area contributed by atoms with Crippen LogP contribution >= 0.6 is 34.8 Å². The minimum absolute atomic E-state index is 0.246. The number of para-hydroxylation sites is 1. The van der Waals surface area contributed by atoms with E-state index in [4.69, 9.17) is 34.8 Å². The van der Waals surface area contributed by atoms with Crippen LogP contribution in [0.3, 0.4) is 0 Å². The van der Waals surface area contributed by atoms with Gasteiger partial charge in [-0.25, -0.2) is 9.67 Å². The average molecular weight is 432 g/mol. The van der Waals surface area contributed by atoms with Crippen molar-refractivity contribution in [3.63, 3.8) is 0 Å². The molecular weight excluding hydrogens is 419 g/mol. The predicted octanol–water partition coefficient (Wildman–Crippen LogP) is 5.94. The number of carbonyl (C=O) groups excluding carboxylic acids is 1. The third-order valence-corrected chi connectivity index (χ3v) is 5.36. The maximum Gasteiger partial charge on any atom is 0.258 e. The van der Waals surface area contributed by atoms with Gasteiger partial charge in [0.1, 0.15) is 0 Å². The molecule has 0 spiro atoms. The number of nitrogens with one attached hydrogen (secondary N) is 1. The highest BCUT2D eigenvalue weighted by molar-refractivity contribution is 6.42. The van der Waals surface area contributed by atoms with Crippen molar-refractivity contribution >= 4 is 57.4 Å². The first kappa shape index (κ1) is 18.7. The summed E-state index contributed by atoms with van der Waals surface area (Å²) in [6, 6.07) is 14.4. The molecule has 0 saturated heterocycles. The largest absolute Gasteiger partial charge is 0.322 e. The second-order valence-electron chi connectivity index (χ2n) is 6.10. The monoisotopic (exact) mass is 430 g/mol. The minimum atomic E-state index is -0.398. The maximum absolute atomic E-state index is 12.7. The van der Waals surface area contributed by atoms with Crippen molar-refractivity contribution < 1.29 is 4.79 Å². The summed E-state index contributed by atoms with van der Waals surface area (Å²) in [4.78, 5) is 17.2.